The van der Waals surface area contributed by atoms with E-state index >= 15 is 0 Å². The molecule has 114 valence electrons. The topological polar surface area (TPSA) is 32.3 Å². The number of benzene rings is 1. The van der Waals surface area contributed by atoms with Gasteiger partial charge in [0.25, 0.3) is 5.91 Å². The highest BCUT2D eigenvalue weighted by Gasteiger charge is 2.36. The average molecular weight is 351 g/mol. The fourth-order valence-electron chi connectivity index (χ4n) is 3.79. The standard InChI is InChI=1S/C17H23BrN2O/c1-11-8-12(6-7-16(11)18)17(21)19-13-9-14-4-3-5-15(10-13)20(14)2/h6-8,13-15H,3-5,9-10H2,1-2H3,(H,19,21). The first-order valence-electron chi connectivity index (χ1n) is 7.83. The molecule has 0 radical (unpaired) electrons. The lowest BCUT2D eigenvalue weighted by Gasteiger charge is -2.47. The average Bonchev–Trinajstić information content (AvgIpc) is 2.43. The fourth-order valence-corrected chi connectivity index (χ4v) is 4.03. The van der Waals surface area contributed by atoms with Crippen LogP contribution in [-0.4, -0.2) is 36.0 Å². The highest BCUT2D eigenvalue weighted by molar-refractivity contribution is 9.10. The second-order valence-electron chi connectivity index (χ2n) is 6.51. The molecule has 2 fully saturated rings. The van der Waals surface area contributed by atoms with Crippen LogP contribution in [0.25, 0.3) is 0 Å². The van der Waals surface area contributed by atoms with Gasteiger partial charge in [0.15, 0.2) is 0 Å². The molecule has 1 amide bonds. The zero-order valence-corrected chi connectivity index (χ0v) is 14.3. The van der Waals surface area contributed by atoms with Gasteiger partial charge in [0, 0.05) is 28.2 Å². The van der Waals surface area contributed by atoms with Gasteiger partial charge in [-0.25, -0.2) is 0 Å². The number of hydrogen-bond acceptors (Lipinski definition) is 2. The van der Waals surface area contributed by atoms with Crippen molar-refractivity contribution in [1.29, 1.82) is 0 Å². The lowest BCUT2D eigenvalue weighted by molar-refractivity contribution is 0.0463. The summed E-state index contributed by atoms with van der Waals surface area (Å²) in [5, 5.41) is 3.25. The van der Waals surface area contributed by atoms with E-state index in [2.05, 4.69) is 33.2 Å². The van der Waals surface area contributed by atoms with Crippen LogP contribution in [0.2, 0.25) is 0 Å². The summed E-state index contributed by atoms with van der Waals surface area (Å²) in [4.78, 5) is 15.0. The number of halogens is 1. The van der Waals surface area contributed by atoms with Gasteiger partial charge >= 0.3 is 0 Å². The molecular formula is C17H23BrN2O. The van der Waals surface area contributed by atoms with Crippen molar-refractivity contribution < 1.29 is 4.79 Å². The summed E-state index contributed by atoms with van der Waals surface area (Å²) >= 11 is 3.48. The number of amides is 1. The molecule has 0 aliphatic carbocycles. The zero-order chi connectivity index (χ0) is 15.0. The van der Waals surface area contributed by atoms with E-state index in [0.29, 0.717) is 18.1 Å². The van der Waals surface area contributed by atoms with Crippen LogP contribution in [0.4, 0.5) is 0 Å². The summed E-state index contributed by atoms with van der Waals surface area (Å²) < 4.78 is 1.05. The van der Waals surface area contributed by atoms with Gasteiger partial charge in [-0.1, -0.05) is 22.4 Å². The summed E-state index contributed by atoms with van der Waals surface area (Å²) in [7, 11) is 2.24. The van der Waals surface area contributed by atoms with Gasteiger partial charge in [0.05, 0.1) is 0 Å². The summed E-state index contributed by atoms with van der Waals surface area (Å²) in [6.07, 6.45) is 6.07. The van der Waals surface area contributed by atoms with Crippen LogP contribution in [-0.2, 0) is 0 Å². The molecule has 3 nitrogen and oxygen atoms in total. The lowest BCUT2D eigenvalue weighted by atomic mass is 9.82. The SMILES string of the molecule is Cc1cc(C(=O)NC2CC3CCCC(C2)N3C)ccc1Br. The van der Waals surface area contributed by atoms with Gasteiger partial charge in [0.2, 0.25) is 0 Å². The van der Waals surface area contributed by atoms with E-state index in [1.165, 1.54) is 19.3 Å². The highest BCUT2D eigenvalue weighted by Crippen LogP contribution is 2.32. The molecular weight excluding hydrogens is 328 g/mol. The lowest BCUT2D eigenvalue weighted by Crippen LogP contribution is -2.55. The van der Waals surface area contributed by atoms with Crippen molar-refractivity contribution in [1.82, 2.24) is 10.2 Å². The monoisotopic (exact) mass is 350 g/mol. The Balaban J connectivity index is 1.66. The van der Waals surface area contributed by atoms with Crippen LogP contribution in [0.1, 0.15) is 48.0 Å². The molecule has 1 N–H and O–H groups in total. The number of nitrogens with one attached hydrogen (secondary N) is 1. The molecule has 2 bridgehead atoms. The second kappa shape index (κ2) is 6.09. The van der Waals surface area contributed by atoms with E-state index in [1.54, 1.807) is 0 Å². The number of aryl methyl sites for hydroxylation is 1. The first-order valence-corrected chi connectivity index (χ1v) is 8.63. The molecule has 2 aliphatic heterocycles. The third kappa shape index (κ3) is 3.16. The van der Waals surface area contributed by atoms with Gasteiger partial charge in [-0.15, -0.1) is 0 Å². The molecule has 1 aromatic rings. The van der Waals surface area contributed by atoms with E-state index in [-0.39, 0.29) is 5.91 Å². The predicted octanol–water partition coefficient (Wildman–Crippen LogP) is 3.50. The van der Waals surface area contributed by atoms with Crippen LogP contribution in [0.5, 0.6) is 0 Å². The molecule has 21 heavy (non-hydrogen) atoms. The molecule has 0 aromatic heterocycles. The molecule has 0 saturated carbocycles. The Labute approximate surface area is 135 Å². The normalized spacial score (nSPS) is 29.2. The van der Waals surface area contributed by atoms with Crippen molar-refractivity contribution in [3.8, 4) is 0 Å². The van der Waals surface area contributed by atoms with E-state index in [0.717, 1.165) is 28.4 Å². The minimum atomic E-state index is 0.0678. The number of nitrogens with zero attached hydrogens (tertiary/aromatic N) is 1. The van der Waals surface area contributed by atoms with Gasteiger partial charge in [-0.05, 0) is 63.4 Å². The number of piperidine rings is 2. The second-order valence-corrected chi connectivity index (χ2v) is 7.36. The van der Waals surface area contributed by atoms with Crippen molar-refractivity contribution in [2.75, 3.05) is 7.05 Å². The summed E-state index contributed by atoms with van der Waals surface area (Å²) in [5.41, 5.74) is 1.86. The number of carbonyl (C=O) groups excluding carboxylic acids is 1. The molecule has 0 spiro atoms. The van der Waals surface area contributed by atoms with Crippen molar-refractivity contribution in [3.63, 3.8) is 0 Å². The molecule has 2 heterocycles. The molecule has 2 unspecified atom stereocenters. The van der Waals surface area contributed by atoms with E-state index in [9.17, 15) is 4.79 Å². The maximum atomic E-state index is 12.4. The van der Waals surface area contributed by atoms with Crippen molar-refractivity contribution in [2.45, 2.75) is 57.2 Å². The molecule has 2 atom stereocenters. The van der Waals surface area contributed by atoms with E-state index in [1.807, 2.05) is 25.1 Å². The smallest absolute Gasteiger partial charge is 0.251 e. The molecule has 1 aromatic carbocycles. The van der Waals surface area contributed by atoms with Gasteiger partial charge in [-0.3, -0.25) is 4.79 Å². The first-order chi connectivity index (χ1) is 10.0. The van der Waals surface area contributed by atoms with Crippen molar-refractivity contribution in [2.24, 2.45) is 0 Å². The number of hydrogen-bond donors (Lipinski definition) is 1. The Morgan fingerprint density at radius 2 is 1.95 bits per heavy atom. The minimum Gasteiger partial charge on any atom is -0.349 e. The number of fused-ring (bicyclic) bond motifs is 2. The Bertz CT molecular complexity index is 532. The van der Waals surface area contributed by atoms with Crippen molar-refractivity contribution in [3.05, 3.63) is 33.8 Å². The van der Waals surface area contributed by atoms with Gasteiger partial charge in [-0.2, -0.15) is 0 Å². The molecule has 2 saturated heterocycles. The summed E-state index contributed by atoms with van der Waals surface area (Å²) in [6, 6.07) is 7.42. The molecule has 4 heteroatoms. The number of carbonyl (C=O) groups is 1. The third-order valence-electron chi connectivity index (χ3n) is 5.10. The third-order valence-corrected chi connectivity index (χ3v) is 5.98. The Hall–Kier alpha value is -0.870. The van der Waals surface area contributed by atoms with E-state index < -0.39 is 0 Å². The maximum Gasteiger partial charge on any atom is 0.251 e. The van der Waals surface area contributed by atoms with Crippen LogP contribution in [0.15, 0.2) is 22.7 Å². The van der Waals surface area contributed by atoms with Gasteiger partial charge < -0.3 is 10.2 Å². The van der Waals surface area contributed by atoms with Crippen molar-refractivity contribution >= 4 is 21.8 Å². The molecule has 2 aliphatic rings. The summed E-state index contributed by atoms with van der Waals surface area (Å²) in [6.45, 7) is 2.01. The predicted molar refractivity (Wildman–Crippen MR) is 88.6 cm³/mol. The summed E-state index contributed by atoms with van der Waals surface area (Å²) in [5.74, 6) is 0.0678. The Morgan fingerprint density at radius 3 is 2.57 bits per heavy atom. The van der Waals surface area contributed by atoms with Crippen LogP contribution < -0.4 is 5.32 Å². The van der Waals surface area contributed by atoms with Crippen LogP contribution >= 0.6 is 15.9 Å². The zero-order valence-electron chi connectivity index (χ0n) is 12.7. The van der Waals surface area contributed by atoms with E-state index in [4.69, 9.17) is 0 Å². The quantitative estimate of drug-likeness (QED) is 0.885. The fraction of sp³-hybridized carbons (Fsp3) is 0.588. The first kappa shape index (κ1) is 15.0. The minimum absolute atomic E-state index is 0.0678. The van der Waals surface area contributed by atoms with Gasteiger partial charge in [0.1, 0.15) is 0 Å². The molecule has 3 rings (SSSR count). The van der Waals surface area contributed by atoms with Crippen LogP contribution in [0.3, 0.4) is 0 Å². The number of rotatable bonds is 2. The Morgan fingerprint density at radius 1 is 1.29 bits per heavy atom. The van der Waals surface area contributed by atoms with Crippen LogP contribution in [0, 0.1) is 6.92 Å². The largest absolute Gasteiger partial charge is 0.349 e. The maximum absolute atomic E-state index is 12.4. The highest BCUT2D eigenvalue weighted by atomic mass is 79.9. The Kier molecular flexibility index (Phi) is 4.36.